The molecule has 0 unspecified atom stereocenters. The highest BCUT2D eigenvalue weighted by Gasteiger charge is 2.30. The van der Waals surface area contributed by atoms with Crippen molar-refractivity contribution in [2.45, 2.75) is 18.0 Å². The Balaban J connectivity index is 2.98. The average Bonchev–Trinajstić information content (AvgIpc) is 2.27. The first kappa shape index (κ1) is 14.7. The fourth-order valence-electron chi connectivity index (χ4n) is 1.16. The van der Waals surface area contributed by atoms with E-state index in [0.29, 0.717) is 6.54 Å². The molecule has 0 fully saturated rings. The molecular weight excluding hydrogens is 271 g/mol. The maximum Gasteiger partial charge on any atom is 0.402 e. The van der Waals surface area contributed by atoms with Crippen molar-refractivity contribution in [3.05, 3.63) is 18.3 Å². The number of pyridine rings is 1. The molecule has 18 heavy (non-hydrogen) atoms. The van der Waals surface area contributed by atoms with Crippen LogP contribution in [0.2, 0.25) is 0 Å². The number of halogens is 3. The zero-order valence-corrected chi connectivity index (χ0v) is 10.3. The molecule has 0 aromatic carbocycles. The highest BCUT2D eigenvalue weighted by atomic mass is 32.2. The molecule has 0 aliphatic rings. The predicted octanol–water partition coefficient (Wildman–Crippen LogP) is 1.35. The Labute approximate surface area is 102 Å². The van der Waals surface area contributed by atoms with Gasteiger partial charge in [-0.05, 0) is 19.1 Å². The van der Waals surface area contributed by atoms with E-state index in [-0.39, 0.29) is 10.7 Å². The second-order valence-corrected chi connectivity index (χ2v) is 5.06. The van der Waals surface area contributed by atoms with Crippen molar-refractivity contribution in [1.82, 2.24) is 9.71 Å². The number of nitrogens with zero attached hydrogens (tertiary/aromatic N) is 1. The number of alkyl halides is 3. The van der Waals surface area contributed by atoms with Gasteiger partial charge in [0.1, 0.15) is 17.3 Å². The lowest BCUT2D eigenvalue weighted by Crippen LogP contribution is -2.34. The number of aromatic nitrogens is 1. The molecule has 0 spiro atoms. The van der Waals surface area contributed by atoms with E-state index >= 15 is 0 Å². The summed E-state index contributed by atoms with van der Waals surface area (Å²) in [7, 11) is -4.24. The van der Waals surface area contributed by atoms with Crippen LogP contribution >= 0.6 is 0 Å². The Hall–Kier alpha value is -1.35. The second kappa shape index (κ2) is 5.53. The van der Waals surface area contributed by atoms with Crippen LogP contribution in [0, 0.1) is 0 Å². The van der Waals surface area contributed by atoms with Gasteiger partial charge in [-0.25, -0.2) is 18.1 Å². The average molecular weight is 283 g/mol. The first-order valence-electron chi connectivity index (χ1n) is 5.01. The lowest BCUT2D eigenvalue weighted by molar-refractivity contribution is -0.121. The highest BCUT2D eigenvalue weighted by Crippen LogP contribution is 2.19. The van der Waals surface area contributed by atoms with Crippen molar-refractivity contribution in [2.24, 2.45) is 0 Å². The van der Waals surface area contributed by atoms with E-state index < -0.39 is 22.7 Å². The molecule has 5 nitrogen and oxygen atoms in total. The zero-order chi connectivity index (χ0) is 13.8. The molecular formula is C9H12F3N3O2S. The van der Waals surface area contributed by atoms with Crippen LogP contribution in [0.25, 0.3) is 0 Å². The summed E-state index contributed by atoms with van der Waals surface area (Å²) in [6.45, 7) is 0.503. The molecule has 0 amide bonds. The topological polar surface area (TPSA) is 71.1 Å². The molecule has 0 bridgehead atoms. The van der Waals surface area contributed by atoms with Crippen LogP contribution in [0.5, 0.6) is 0 Å². The summed E-state index contributed by atoms with van der Waals surface area (Å²) < 4.78 is 60.8. The van der Waals surface area contributed by atoms with Gasteiger partial charge in [-0.1, -0.05) is 0 Å². The molecule has 0 aliphatic carbocycles. The summed E-state index contributed by atoms with van der Waals surface area (Å²) in [5, 5.41) is 2.67. The molecule has 0 saturated carbocycles. The van der Waals surface area contributed by atoms with Crippen LogP contribution in [0.4, 0.5) is 19.0 Å². The summed E-state index contributed by atoms with van der Waals surface area (Å²) in [4.78, 5) is 3.46. The molecule has 1 rings (SSSR count). The number of rotatable bonds is 5. The van der Waals surface area contributed by atoms with Crippen LogP contribution in [0.1, 0.15) is 6.92 Å². The van der Waals surface area contributed by atoms with Gasteiger partial charge in [0.05, 0.1) is 0 Å². The van der Waals surface area contributed by atoms with Gasteiger partial charge in [0.25, 0.3) is 0 Å². The molecule has 1 heterocycles. The molecule has 9 heteroatoms. The van der Waals surface area contributed by atoms with Gasteiger partial charge in [-0.3, -0.25) is 0 Å². The summed E-state index contributed by atoms with van der Waals surface area (Å²) >= 11 is 0. The quantitative estimate of drug-likeness (QED) is 0.856. The Morgan fingerprint density at radius 1 is 1.39 bits per heavy atom. The summed E-state index contributed by atoms with van der Waals surface area (Å²) in [5.74, 6) is 0.0228. The van der Waals surface area contributed by atoms with Gasteiger partial charge in [0, 0.05) is 12.7 Å². The molecule has 2 N–H and O–H groups in total. The molecule has 102 valence electrons. The predicted molar refractivity (Wildman–Crippen MR) is 59.6 cm³/mol. The van der Waals surface area contributed by atoms with E-state index in [1.54, 1.807) is 6.92 Å². The van der Waals surface area contributed by atoms with Crippen molar-refractivity contribution >= 4 is 15.8 Å². The number of nitrogens with one attached hydrogen (secondary N) is 2. The molecule has 0 saturated heterocycles. The number of hydrogen-bond acceptors (Lipinski definition) is 4. The SMILES string of the molecule is CCNc1ncccc1S(=O)(=O)NCC(F)(F)F. The number of sulfonamides is 1. The lowest BCUT2D eigenvalue weighted by Gasteiger charge is -2.12. The number of hydrogen-bond donors (Lipinski definition) is 2. The van der Waals surface area contributed by atoms with Crippen LogP contribution < -0.4 is 10.0 Å². The summed E-state index contributed by atoms with van der Waals surface area (Å²) in [5.41, 5.74) is 0. The Morgan fingerprint density at radius 3 is 2.61 bits per heavy atom. The van der Waals surface area contributed by atoms with E-state index in [4.69, 9.17) is 0 Å². The first-order valence-corrected chi connectivity index (χ1v) is 6.50. The van der Waals surface area contributed by atoms with Crippen molar-refractivity contribution in [2.75, 3.05) is 18.4 Å². The fraction of sp³-hybridized carbons (Fsp3) is 0.444. The monoisotopic (exact) mass is 283 g/mol. The zero-order valence-electron chi connectivity index (χ0n) is 9.45. The van der Waals surface area contributed by atoms with Crippen LogP contribution in [-0.4, -0.2) is 32.7 Å². The van der Waals surface area contributed by atoms with E-state index in [1.807, 2.05) is 0 Å². The maximum absolute atomic E-state index is 12.0. The third-order valence-corrected chi connectivity index (χ3v) is 3.30. The fourth-order valence-corrected chi connectivity index (χ4v) is 2.31. The minimum atomic E-state index is -4.60. The van der Waals surface area contributed by atoms with Gasteiger partial charge in [-0.15, -0.1) is 0 Å². The van der Waals surface area contributed by atoms with E-state index in [0.717, 1.165) is 0 Å². The Bertz CT molecular complexity index is 502. The third-order valence-electron chi connectivity index (χ3n) is 1.87. The second-order valence-electron chi connectivity index (χ2n) is 3.32. The van der Waals surface area contributed by atoms with Crippen molar-refractivity contribution < 1.29 is 21.6 Å². The lowest BCUT2D eigenvalue weighted by atomic mass is 10.4. The largest absolute Gasteiger partial charge is 0.402 e. The smallest absolute Gasteiger partial charge is 0.369 e. The van der Waals surface area contributed by atoms with Gasteiger partial charge in [-0.2, -0.15) is 13.2 Å². The Morgan fingerprint density at radius 2 is 2.06 bits per heavy atom. The summed E-state index contributed by atoms with van der Waals surface area (Å²) in [6, 6.07) is 2.52. The van der Waals surface area contributed by atoms with E-state index in [2.05, 4.69) is 10.3 Å². The standard InChI is InChI=1S/C9H12F3N3O2S/c1-2-13-8-7(4-3-5-14-8)18(16,17)15-6-9(10,11)12/h3-5,15H,2,6H2,1H3,(H,13,14). The molecule has 0 radical (unpaired) electrons. The minimum Gasteiger partial charge on any atom is -0.369 e. The molecule has 1 aromatic heterocycles. The third kappa shape index (κ3) is 4.15. The normalized spacial score (nSPS) is 12.4. The molecule has 0 atom stereocenters. The van der Waals surface area contributed by atoms with Gasteiger partial charge >= 0.3 is 6.18 Å². The minimum absolute atomic E-state index is 0.0228. The maximum atomic E-state index is 12.0. The molecule has 1 aromatic rings. The van der Waals surface area contributed by atoms with E-state index in [1.165, 1.54) is 23.1 Å². The first-order chi connectivity index (χ1) is 8.26. The summed E-state index contributed by atoms with van der Waals surface area (Å²) in [6.07, 6.45) is -3.26. The van der Waals surface area contributed by atoms with Crippen LogP contribution in [-0.2, 0) is 10.0 Å². The number of anilines is 1. The highest BCUT2D eigenvalue weighted by molar-refractivity contribution is 7.89. The van der Waals surface area contributed by atoms with Gasteiger partial charge in [0.15, 0.2) is 0 Å². The van der Waals surface area contributed by atoms with Gasteiger partial charge in [0.2, 0.25) is 10.0 Å². The van der Waals surface area contributed by atoms with Gasteiger partial charge < -0.3 is 5.32 Å². The van der Waals surface area contributed by atoms with E-state index in [9.17, 15) is 21.6 Å². The van der Waals surface area contributed by atoms with Crippen molar-refractivity contribution in [3.63, 3.8) is 0 Å². The Kier molecular flexibility index (Phi) is 4.52. The van der Waals surface area contributed by atoms with Crippen LogP contribution in [0.3, 0.4) is 0 Å². The molecule has 0 aliphatic heterocycles. The van der Waals surface area contributed by atoms with Crippen molar-refractivity contribution in [1.29, 1.82) is 0 Å². The van der Waals surface area contributed by atoms with Crippen molar-refractivity contribution in [3.8, 4) is 0 Å². The van der Waals surface area contributed by atoms with Crippen LogP contribution in [0.15, 0.2) is 23.2 Å².